The van der Waals surface area contributed by atoms with Crippen molar-refractivity contribution in [2.75, 3.05) is 7.05 Å². The number of nitrogens with one attached hydrogen (secondary N) is 1. The zero-order valence-electron chi connectivity index (χ0n) is 9.89. The summed E-state index contributed by atoms with van der Waals surface area (Å²) >= 11 is 6.17. The molecule has 2 aromatic heterocycles. The number of hydrogen-bond acceptors (Lipinski definition) is 3. The lowest BCUT2D eigenvalue weighted by Crippen LogP contribution is -2.23. The molecule has 0 saturated carbocycles. The first-order chi connectivity index (χ1) is 8.27. The molecule has 0 aliphatic rings. The van der Waals surface area contributed by atoms with Crippen molar-refractivity contribution in [3.05, 3.63) is 47.3 Å². The van der Waals surface area contributed by atoms with E-state index in [9.17, 15) is 0 Å². The average Bonchev–Trinajstić information content (AvgIpc) is 2.81. The number of imidazole rings is 1. The van der Waals surface area contributed by atoms with Gasteiger partial charge in [-0.2, -0.15) is 0 Å². The smallest absolute Gasteiger partial charge is 0.132 e. The molecule has 0 bridgehead atoms. The Morgan fingerprint density at radius 1 is 1.41 bits per heavy atom. The van der Waals surface area contributed by atoms with E-state index in [-0.39, 0.29) is 6.04 Å². The number of aryl methyl sites for hydroxylation is 1. The highest BCUT2D eigenvalue weighted by molar-refractivity contribution is 6.31. The molecule has 0 fully saturated rings. The van der Waals surface area contributed by atoms with Crippen molar-refractivity contribution in [2.45, 2.75) is 19.5 Å². The molecule has 0 saturated heterocycles. The molecule has 0 aromatic carbocycles. The molecule has 1 unspecified atom stereocenters. The molecule has 90 valence electrons. The second-order valence-corrected chi connectivity index (χ2v) is 4.07. The van der Waals surface area contributed by atoms with E-state index in [1.807, 2.05) is 25.4 Å². The van der Waals surface area contributed by atoms with Crippen molar-refractivity contribution in [3.8, 4) is 0 Å². The zero-order valence-corrected chi connectivity index (χ0v) is 10.6. The highest BCUT2D eigenvalue weighted by atomic mass is 35.5. The number of hydrogen-bond donors (Lipinski definition) is 1. The fraction of sp³-hybridized carbons (Fsp3) is 0.333. The van der Waals surface area contributed by atoms with E-state index < -0.39 is 0 Å². The monoisotopic (exact) mass is 250 g/mol. The van der Waals surface area contributed by atoms with Crippen molar-refractivity contribution in [1.82, 2.24) is 19.9 Å². The molecular formula is C12H15ClN4. The fourth-order valence-corrected chi connectivity index (χ4v) is 2.08. The molecule has 0 aliphatic carbocycles. The molecule has 5 heteroatoms. The van der Waals surface area contributed by atoms with E-state index in [4.69, 9.17) is 11.6 Å². The summed E-state index contributed by atoms with van der Waals surface area (Å²) in [6.07, 6.45) is 5.49. The summed E-state index contributed by atoms with van der Waals surface area (Å²) in [5.74, 6) is 0.926. The van der Waals surface area contributed by atoms with Crippen LogP contribution in [0.15, 0.2) is 30.7 Å². The number of halogens is 1. The molecule has 1 N–H and O–H groups in total. The van der Waals surface area contributed by atoms with Gasteiger partial charge in [0.15, 0.2) is 0 Å². The predicted molar refractivity (Wildman–Crippen MR) is 68.1 cm³/mol. The van der Waals surface area contributed by atoms with E-state index in [0.29, 0.717) is 5.02 Å². The summed E-state index contributed by atoms with van der Waals surface area (Å²) < 4.78 is 2.08. The normalized spacial score (nSPS) is 12.6. The minimum Gasteiger partial charge on any atom is -0.334 e. The van der Waals surface area contributed by atoms with Crippen LogP contribution in [0.4, 0.5) is 0 Å². The average molecular weight is 251 g/mol. The fourth-order valence-electron chi connectivity index (χ4n) is 1.85. The Balaban J connectivity index is 2.44. The van der Waals surface area contributed by atoms with Gasteiger partial charge in [-0.1, -0.05) is 11.6 Å². The van der Waals surface area contributed by atoms with Gasteiger partial charge in [0.2, 0.25) is 0 Å². The van der Waals surface area contributed by atoms with Crippen LogP contribution < -0.4 is 5.32 Å². The highest BCUT2D eigenvalue weighted by Crippen LogP contribution is 2.24. The van der Waals surface area contributed by atoms with E-state index in [2.05, 4.69) is 26.8 Å². The Hall–Kier alpha value is -1.39. The van der Waals surface area contributed by atoms with Gasteiger partial charge in [0.05, 0.1) is 10.7 Å². The van der Waals surface area contributed by atoms with Crippen LogP contribution in [-0.4, -0.2) is 21.6 Å². The van der Waals surface area contributed by atoms with Crippen molar-refractivity contribution in [1.29, 1.82) is 0 Å². The van der Waals surface area contributed by atoms with Crippen LogP contribution in [-0.2, 0) is 6.54 Å². The first-order valence-electron chi connectivity index (χ1n) is 5.56. The Labute approximate surface area is 106 Å². The summed E-state index contributed by atoms with van der Waals surface area (Å²) in [5, 5.41) is 3.86. The van der Waals surface area contributed by atoms with Crippen LogP contribution in [0.2, 0.25) is 5.02 Å². The Bertz CT molecular complexity index is 495. The van der Waals surface area contributed by atoms with Crippen molar-refractivity contribution in [2.24, 2.45) is 0 Å². The first-order valence-corrected chi connectivity index (χ1v) is 5.94. The number of aromatic nitrogens is 3. The molecule has 0 amide bonds. The van der Waals surface area contributed by atoms with Crippen LogP contribution in [0.1, 0.15) is 24.5 Å². The van der Waals surface area contributed by atoms with E-state index >= 15 is 0 Å². The molecule has 0 radical (unpaired) electrons. The molecule has 4 nitrogen and oxygen atoms in total. The molecule has 2 heterocycles. The lowest BCUT2D eigenvalue weighted by Gasteiger charge is -2.17. The summed E-state index contributed by atoms with van der Waals surface area (Å²) in [6, 6.07) is 3.58. The van der Waals surface area contributed by atoms with E-state index in [1.165, 1.54) is 0 Å². The standard InChI is InChI=1S/C12H15ClN4/c1-3-17-8-7-16-12(17)11(14-2)10-9(13)5-4-6-15-10/h4-8,11,14H,3H2,1-2H3. The van der Waals surface area contributed by atoms with Crippen molar-refractivity contribution in [3.63, 3.8) is 0 Å². The largest absolute Gasteiger partial charge is 0.334 e. The van der Waals surface area contributed by atoms with Gasteiger partial charge in [0.1, 0.15) is 11.9 Å². The van der Waals surface area contributed by atoms with Gasteiger partial charge in [-0.05, 0) is 26.1 Å². The SMILES string of the molecule is CCn1ccnc1C(NC)c1ncccc1Cl. The molecule has 2 aromatic rings. The van der Waals surface area contributed by atoms with Crippen LogP contribution >= 0.6 is 11.6 Å². The van der Waals surface area contributed by atoms with Gasteiger partial charge in [-0.3, -0.25) is 4.98 Å². The minimum absolute atomic E-state index is 0.0846. The van der Waals surface area contributed by atoms with Gasteiger partial charge in [0, 0.05) is 25.1 Å². The van der Waals surface area contributed by atoms with Crippen LogP contribution in [0.5, 0.6) is 0 Å². The molecule has 1 atom stereocenters. The lowest BCUT2D eigenvalue weighted by atomic mass is 10.1. The quantitative estimate of drug-likeness (QED) is 0.905. The highest BCUT2D eigenvalue weighted by Gasteiger charge is 2.20. The van der Waals surface area contributed by atoms with Gasteiger partial charge in [-0.15, -0.1) is 0 Å². The lowest BCUT2D eigenvalue weighted by molar-refractivity contribution is 0.579. The van der Waals surface area contributed by atoms with Gasteiger partial charge < -0.3 is 9.88 Å². The topological polar surface area (TPSA) is 42.7 Å². The summed E-state index contributed by atoms with van der Waals surface area (Å²) in [6.45, 7) is 2.95. The van der Waals surface area contributed by atoms with Crippen LogP contribution in [0, 0.1) is 0 Å². The third kappa shape index (κ3) is 2.33. The number of rotatable bonds is 4. The van der Waals surface area contributed by atoms with Gasteiger partial charge in [-0.25, -0.2) is 4.98 Å². The summed E-state index contributed by atoms with van der Waals surface area (Å²) in [7, 11) is 1.88. The predicted octanol–water partition coefficient (Wildman–Crippen LogP) is 2.26. The van der Waals surface area contributed by atoms with E-state index in [1.54, 1.807) is 12.4 Å². The van der Waals surface area contributed by atoms with E-state index in [0.717, 1.165) is 18.1 Å². The Morgan fingerprint density at radius 2 is 2.24 bits per heavy atom. The Morgan fingerprint density at radius 3 is 2.88 bits per heavy atom. The van der Waals surface area contributed by atoms with Gasteiger partial charge >= 0.3 is 0 Å². The molecule has 0 spiro atoms. The second kappa shape index (κ2) is 5.29. The maximum atomic E-state index is 6.17. The maximum absolute atomic E-state index is 6.17. The van der Waals surface area contributed by atoms with Crippen LogP contribution in [0.25, 0.3) is 0 Å². The minimum atomic E-state index is -0.0846. The third-order valence-corrected chi connectivity index (χ3v) is 3.02. The maximum Gasteiger partial charge on any atom is 0.132 e. The molecule has 2 rings (SSSR count). The second-order valence-electron chi connectivity index (χ2n) is 3.66. The van der Waals surface area contributed by atoms with Crippen molar-refractivity contribution < 1.29 is 0 Å². The summed E-state index contributed by atoms with van der Waals surface area (Å²) in [5.41, 5.74) is 0.803. The Kier molecular flexibility index (Phi) is 3.76. The third-order valence-electron chi connectivity index (χ3n) is 2.70. The van der Waals surface area contributed by atoms with Crippen molar-refractivity contribution >= 4 is 11.6 Å². The summed E-state index contributed by atoms with van der Waals surface area (Å²) in [4.78, 5) is 8.71. The first kappa shape index (κ1) is 12.1. The number of pyridine rings is 1. The number of nitrogens with zero attached hydrogens (tertiary/aromatic N) is 3. The van der Waals surface area contributed by atoms with Crippen LogP contribution in [0.3, 0.4) is 0 Å². The molecule has 0 aliphatic heterocycles. The molecular weight excluding hydrogens is 236 g/mol. The van der Waals surface area contributed by atoms with Gasteiger partial charge in [0.25, 0.3) is 0 Å². The zero-order chi connectivity index (χ0) is 12.3. The molecule has 17 heavy (non-hydrogen) atoms.